The van der Waals surface area contributed by atoms with E-state index in [1.54, 1.807) is 18.2 Å². The second-order valence-electron chi connectivity index (χ2n) is 3.75. The first-order valence-corrected chi connectivity index (χ1v) is 4.79. The topological polar surface area (TPSA) is 86.2 Å². The first-order valence-electron chi connectivity index (χ1n) is 4.79. The van der Waals surface area contributed by atoms with E-state index in [1.807, 2.05) is 0 Å². The zero-order valence-electron chi connectivity index (χ0n) is 8.19. The van der Waals surface area contributed by atoms with E-state index in [0.717, 1.165) is 11.1 Å². The van der Waals surface area contributed by atoms with Crippen LogP contribution in [0.3, 0.4) is 0 Å². The Kier molecular flexibility index (Phi) is 1.60. The highest BCUT2D eigenvalue weighted by molar-refractivity contribution is 5.91. The van der Waals surface area contributed by atoms with E-state index in [4.69, 9.17) is 5.11 Å². The fourth-order valence-corrected chi connectivity index (χ4v) is 2.08. The molecule has 0 radical (unpaired) electrons. The summed E-state index contributed by atoms with van der Waals surface area (Å²) < 4.78 is 0. The van der Waals surface area contributed by atoms with Crippen LogP contribution in [0.5, 0.6) is 5.75 Å². The Bertz CT molecular complexity index is 601. The number of rotatable bonds is 1. The number of aromatic hydroxyl groups is 1. The van der Waals surface area contributed by atoms with Gasteiger partial charge in [0.25, 0.3) is 0 Å². The summed E-state index contributed by atoms with van der Waals surface area (Å²) in [5.74, 6) is -0.824. The molecule has 0 unspecified atom stereocenters. The largest absolute Gasteiger partial charge is 0.508 e. The van der Waals surface area contributed by atoms with Crippen molar-refractivity contribution >= 4 is 5.97 Å². The maximum absolute atomic E-state index is 10.9. The molecule has 0 aliphatic heterocycles. The number of phenolic OH excluding ortho intramolecular Hbond substituents is 1. The monoisotopic (exact) mass is 216 g/mol. The first kappa shape index (κ1) is 8.96. The molecule has 2 aromatic rings. The van der Waals surface area contributed by atoms with Crippen LogP contribution in [0.15, 0.2) is 18.2 Å². The van der Waals surface area contributed by atoms with Gasteiger partial charge in [0.1, 0.15) is 11.4 Å². The summed E-state index contributed by atoms with van der Waals surface area (Å²) in [4.78, 5) is 10.9. The van der Waals surface area contributed by atoms with Crippen LogP contribution < -0.4 is 0 Å². The van der Waals surface area contributed by atoms with Gasteiger partial charge in [-0.2, -0.15) is 5.10 Å². The number of carboxylic acids is 1. The summed E-state index contributed by atoms with van der Waals surface area (Å²) >= 11 is 0. The van der Waals surface area contributed by atoms with Crippen molar-refractivity contribution in [1.82, 2.24) is 10.2 Å². The predicted molar refractivity (Wildman–Crippen MR) is 55.5 cm³/mol. The van der Waals surface area contributed by atoms with E-state index in [9.17, 15) is 9.90 Å². The molecule has 1 aromatic carbocycles. The molecule has 1 aromatic heterocycles. The van der Waals surface area contributed by atoms with E-state index in [2.05, 4.69) is 10.2 Å². The number of benzene rings is 1. The van der Waals surface area contributed by atoms with Crippen LogP contribution >= 0.6 is 0 Å². The molecule has 0 spiro atoms. The molecule has 3 N–H and O–H groups in total. The minimum Gasteiger partial charge on any atom is -0.508 e. The lowest BCUT2D eigenvalue weighted by Crippen LogP contribution is -2.00. The minimum atomic E-state index is -1.01. The molecule has 1 heterocycles. The van der Waals surface area contributed by atoms with Gasteiger partial charge in [-0.05, 0) is 23.8 Å². The van der Waals surface area contributed by atoms with E-state index < -0.39 is 5.97 Å². The summed E-state index contributed by atoms with van der Waals surface area (Å²) in [5.41, 5.74) is 3.29. The molecule has 80 valence electrons. The lowest BCUT2D eigenvalue weighted by Gasteiger charge is -1.98. The molecule has 5 nitrogen and oxygen atoms in total. The normalized spacial score (nSPS) is 12.2. The second-order valence-corrected chi connectivity index (χ2v) is 3.75. The Morgan fingerprint density at radius 1 is 1.44 bits per heavy atom. The van der Waals surface area contributed by atoms with E-state index in [1.165, 1.54) is 0 Å². The predicted octanol–water partition coefficient (Wildman–Crippen LogP) is 1.38. The van der Waals surface area contributed by atoms with Crippen molar-refractivity contribution in [2.45, 2.75) is 6.42 Å². The van der Waals surface area contributed by atoms with E-state index >= 15 is 0 Å². The average molecular weight is 216 g/mol. The molecule has 0 saturated carbocycles. The summed E-state index contributed by atoms with van der Waals surface area (Å²) in [6, 6.07) is 4.97. The van der Waals surface area contributed by atoms with Crippen LogP contribution in [0.1, 0.15) is 21.6 Å². The zero-order chi connectivity index (χ0) is 11.3. The molecule has 0 fully saturated rings. The summed E-state index contributed by atoms with van der Waals surface area (Å²) in [7, 11) is 0. The van der Waals surface area contributed by atoms with Crippen LogP contribution in [-0.2, 0) is 6.42 Å². The van der Waals surface area contributed by atoms with E-state index in [0.29, 0.717) is 17.7 Å². The van der Waals surface area contributed by atoms with Gasteiger partial charge in [-0.25, -0.2) is 4.79 Å². The Balaban J connectivity index is 2.20. The van der Waals surface area contributed by atoms with Crippen molar-refractivity contribution < 1.29 is 15.0 Å². The number of hydrogen-bond donors (Lipinski definition) is 3. The van der Waals surface area contributed by atoms with Gasteiger partial charge in [0.2, 0.25) is 0 Å². The Morgan fingerprint density at radius 2 is 2.25 bits per heavy atom. The number of nitrogens with one attached hydrogen (secondary N) is 1. The van der Waals surface area contributed by atoms with Crippen LogP contribution in [0.4, 0.5) is 0 Å². The third-order valence-electron chi connectivity index (χ3n) is 2.79. The molecular weight excluding hydrogens is 208 g/mol. The van der Waals surface area contributed by atoms with Gasteiger partial charge in [0.05, 0.1) is 5.69 Å². The number of fused-ring (bicyclic) bond motifs is 3. The van der Waals surface area contributed by atoms with Gasteiger partial charge >= 0.3 is 5.97 Å². The van der Waals surface area contributed by atoms with Crippen LogP contribution in [0.2, 0.25) is 0 Å². The second kappa shape index (κ2) is 2.85. The molecule has 1 aliphatic carbocycles. The third-order valence-corrected chi connectivity index (χ3v) is 2.79. The third kappa shape index (κ3) is 1.05. The number of hydrogen-bond acceptors (Lipinski definition) is 3. The highest BCUT2D eigenvalue weighted by Gasteiger charge is 2.27. The number of H-pyrrole nitrogens is 1. The SMILES string of the molecule is O=C(O)c1[nH]nc2c1Cc1cc(O)ccc1-2. The zero-order valence-corrected chi connectivity index (χ0v) is 8.19. The van der Waals surface area contributed by atoms with Gasteiger partial charge in [-0.3, -0.25) is 5.10 Å². The maximum atomic E-state index is 10.9. The van der Waals surface area contributed by atoms with Gasteiger partial charge in [-0.15, -0.1) is 0 Å². The summed E-state index contributed by atoms with van der Waals surface area (Å²) in [6.07, 6.45) is 0.497. The molecule has 5 heteroatoms. The highest BCUT2D eigenvalue weighted by Crippen LogP contribution is 2.38. The molecular formula is C11H8N2O3. The van der Waals surface area contributed by atoms with Crippen molar-refractivity contribution in [2.75, 3.05) is 0 Å². The Morgan fingerprint density at radius 3 is 3.00 bits per heavy atom. The van der Waals surface area contributed by atoms with Crippen LogP contribution in [-0.4, -0.2) is 26.4 Å². The Labute approximate surface area is 90.4 Å². The summed E-state index contributed by atoms with van der Waals surface area (Å²) in [5, 5.41) is 24.8. The molecule has 0 saturated heterocycles. The lowest BCUT2D eigenvalue weighted by atomic mass is 10.1. The van der Waals surface area contributed by atoms with Gasteiger partial charge < -0.3 is 10.2 Å². The van der Waals surface area contributed by atoms with E-state index in [-0.39, 0.29) is 11.4 Å². The summed E-state index contributed by atoms with van der Waals surface area (Å²) in [6.45, 7) is 0. The smallest absolute Gasteiger partial charge is 0.354 e. The molecule has 0 bridgehead atoms. The number of carboxylic acid groups (broad SMARTS) is 1. The van der Waals surface area contributed by atoms with Crippen molar-refractivity contribution in [3.8, 4) is 17.0 Å². The number of carbonyl (C=O) groups is 1. The van der Waals surface area contributed by atoms with Crippen LogP contribution in [0, 0.1) is 0 Å². The van der Waals surface area contributed by atoms with Crippen molar-refractivity contribution in [1.29, 1.82) is 0 Å². The quantitative estimate of drug-likeness (QED) is 0.573. The molecule has 0 amide bonds. The van der Waals surface area contributed by atoms with Gasteiger partial charge in [0, 0.05) is 17.5 Å². The number of aromatic carboxylic acids is 1. The van der Waals surface area contributed by atoms with Gasteiger partial charge in [-0.1, -0.05) is 0 Å². The number of aromatic amines is 1. The highest BCUT2D eigenvalue weighted by atomic mass is 16.4. The maximum Gasteiger partial charge on any atom is 0.354 e. The Hall–Kier alpha value is -2.30. The van der Waals surface area contributed by atoms with Crippen molar-refractivity contribution in [3.05, 3.63) is 35.0 Å². The molecule has 3 rings (SSSR count). The van der Waals surface area contributed by atoms with Gasteiger partial charge in [0.15, 0.2) is 0 Å². The standard InChI is InChI=1S/C11H8N2O3/c14-6-1-2-7-5(3-6)4-8-9(7)12-13-10(8)11(15)16/h1-3,14H,4H2,(H,12,13)(H,15,16). The minimum absolute atomic E-state index is 0.130. The number of nitrogens with zero attached hydrogens (tertiary/aromatic N) is 1. The van der Waals surface area contributed by atoms with Crippen LogP contribution in [0.25, 0.3) is 11.3 Å². The molecule has 0 atom stereocenters. The molecule has 16 heavy (non-hydrogen) atoms. The number of phenols is 1. The number of aromatic nitrogens is 2. The fourth-order valence-electron chi connectivity index (χ4n) is 2.08. The van der Waals surface area contributed by atoms with Crippen molar-refractivity contribution in [2.24, 2.45) is 0 Å². The average Bonchev–Trinajstić information content (AvgIpc) is 2.74. The lowest BCUT2D eigenvalue weighted by molar-refractivity contribution is 0.0689. The molecule has 1 aliphatic rings. The first-order chi connectivity index (χ1) is 7.66. The fraction of sp³-hybridized carbons (Fsp3) is 0.0909. The van der Waals surface area contributed by atoms with Crippen molar-refractivity contribution in [3.63, 3.8) is 0 Å².